The third kappa shape index (κ3) is 3.29. The topological polar surface area (TPSA) is 75.4 Å². The zero-order valence-electron chi connectivity index (χ0n) is 12.0. The van der Waals surface area contributed by atoms with Crippen molar-refractivity contribution in [1.29, 1.82) is 0 Å². The fourth-order valence-corrected chi connectivity index (χ4v) is 2.47. The summed E-state index contributed by atoms with van der Waals surface area (Å²) in [4.78, 5) is 25.8. The molecule has 1 atom stereocenters. The Morgan fingerprint density at radius 3 is 2.85 bits per heavy atom. The summed E-state index contributed by atoms with van der Waals surface area (Å²) < 4.78 is 0. The van der Waals surface area contributed by atoms with Crippen molar-refractivity contribution in [3.63, 3.8) is 0 Å². The third-order valence-corrected chi connectivity index (χ3v) is 3.60. The smallest absolute Gasteiger partial charge is 0.313 e. The maximum Gasteiger partial charge on any atom is 0.313 e. The van der Waals surface area contributed by atoms with Crippen molar-refractivity contribution in [2.45, 2.75) is 26.7 Å². The molecule has 1 aromatic rings. The van der Waals surface area contributed by atoms with Gasteiger partial charge in [-0.3, -0.25) is 9.59 Å². The summed E-state index contributed by atoms with van der Waals surface area (Å²) in [7, 11) is 0. The number of rotatable bonds is 1. The summed E-state index contributed by atoms with van der Waals surface area (Å²) in [5.41, 5.74) is 7.73. The Labute approximate surface area is 119 Å². The number of benzene rings is 1. The average Bonchev–Trinajstić information content (AvgIpc) is 2.42. The lowest BCUT2D eigenvalue weighted by Crippen LogP contribution is -2.44. The van der Waals surface area contributed by atoms with Crippen LogP contribution >= 0.6 is 0 Å². The molecule has 1 aliphatic heterocycles. The molecule has 1 unspecified atom stereocenters. The van der Waals surface area contributed by atoms with Crippen LogP contribution in [-0.2, 0) is 9.59 Å². The number of aryl methyl sites for hydroxylation is 1. The van der Waals surface area contributed by atoms with Gasteiger partial charge in [-0.15, -0.1) is 0 Å². The number of nitrogens with one attached hydrogen (secondary N) is 1. The van der Waals surface area contributed by atoms with E-state index in [1.54, 1.807) is 17.0 Å². The summed E-state index contributed by atoms with van der Waals surface area (Å²) in [6.07, 6.45) is 2.06. The van der Waals surface area contributed by atoms with Crippen LogP contribution in [0.4, 0.5) is 11.4 Å². The van der Waals surface area contributed by atoms with Gasteiger partial charge in [-0.25, -0.2) is 0 Å². The normalized spacial score (nSPS) is 18.7. The van der Waals surface area contributed by atoms with Gasteiger partial charge in [-0.2, -0.15) is 0 Å². The van der Waals surface area contributed by atoms with Gasteiger partial charge >= 0.3 is 11.8 Å². The Kier molecular flexibility index (Phi) is 4.27. The lowest BCUT2D eigenvalue weighted by Gasteiger charge is -2.30. The summed E-state index contributed by atoms with van der Waals surface area (Å²) in [5, 5.41) is 2.61. The fraction of sp³-hybridized carbons (Fsp3) is 0.467. The molecular weight excluding hydrogens is 254 g/mol. The second-order valence-corrected chi connectivity index (χ2v) is 5.54. The summed E-state index contributed by atoms with van der Waals surface area (Å²) in [6, 6.07) is 5.34. The molecule has 1 heterocycles. The van der Waals surface area contributed by atoms with Crippen molar-refractivity contribution in [1.82, 2.24) is 4.90 Å². The largest absolute Gasteiger partial charge is 0.397 e. The monoisotopic (exact) mass is 275 g/mol. The van der Waals surface area contributed by atoms with E-state index < -0.39 is 11.8 Å². The van der Waals surface area contributed by atoms with E-state index in [9.17, 15) is 9.59 Å². The van der Waals surface area contributed by atoms with Gasteiger partial charge in [0.1, 0.15) is 0 Å². The molecule has 1 fully saturated rings. The maximum atomic E-state index is 12.1. The summed E-state index contributed by atoms with van der Waals surface area (Å²) in [5.74, 6) is -0.640. The standard InChI is InChI=1S/C15H21N3O2/c1-10-5-6-12(16)13(8-10)17-14(19)15(20)18-7-3-4-11(2)9-18/h5-6,8,11H,3-4,7,9,16H2,1-2H3,(H,17,19). The molecule has 2 rings (SSSR count). The number of nitrogens with two attached hydrogens (primary N) is 1. The molecule has 5 heteroatoms. The van der Waals surface area contributed by atoms with E-state index in [1.165, 1.54) is 0 Å². The highest BCUT2D eigenvalue weighted by atomic mass is 16.2. The molecule has 0 aromatic heterocycles. The molecule has 0 saturated carbocycles. The maximum absolute atomic E-state index is 12.1. The number of piperidine rings is 1. The molecular formula is C15H21N3O2. The Hall–Kier alpha value is -2.04. The molecule has 0 bridgehead atoms. The lowest BCUT2D eigenvalue weighted by atomic mass is 10.0. The van der Waals surface area contributed by atoms with Gasteiger partial charge in [0.25, 0.3) is 0 Å². The van der Waals surface area contributed by atoms with Crippen LogP contribution in [0.2, 0.25) is 0 Å². The molecule has 0 aliphatic carbocycles. The number of nitrogens with zero attached hydrogens (tertiary/aromatic N) is 1. The number of likely N-dealkylation sites (tertiary alicyclic amines) is 1. The Morgan fingerprint density at radius 2 is 2.15 bits per heavy atom. The molecule has 1 aromatic carbocycles. The van der Waals surface area contributed by atoms with Gasteiger partial charge in [0.05, 0.1) is 11.4 Å². The van der Waals surface area contributed by atoms with Gasteiger partial charge in [-0.1, -0.05) is 13.0 Å². The van der Waals surface area contributed by atoms with Gasteiger partial charge in [0.15, 0.2) is 0 Å². The number of nitrogen functional groups attached to an aromatic ring is 1. The minimum Gasteiger partial charge on any atom is -0.397 e. The van der Waals surface area contributed by atoms with Crippen LogP contribution in [-0.4, -0.2) is 29.8 Å². The van der Waals surface area contributed by atoms with Crippen molar-refractivity contribution in [2.75, 3.05) is 24.1 Å². The number of hydrogen-bond acceptors (Lipinski definition) is 3. The number of carbonyl (C=O) groups is 2. The predicted octanol–water partition coefficient (Wildman–Crippen LogP) is 1.77. The highest BCUT2D eigenvalue weighted by Crippen LogP contribution is 2.20. The molecule has 3 N–H and O–H groups in total. The predicted molar refractivity (Wildman–Crippen MR) is 79.2 cm³/mol. The molecule has 0 spiro atoms. The van der Waals surface area contributed by atoms with Crippen LogP contribution in [0.3, 0.4) is 0 Å². The number of amides is 2. The van der Waals surface area contributed by atoms with E-state index in [1.807, 2.05) is 13.0 Å². The quantitative estimate of drug-likeness (QED) is 0.606. The van der Waals surface area contributed by atoms with Crippen molar-refractivity contribution < 1.29 is 9.59 Å². The van der Waals surface area contributed by atoms with Crippen molar-refractivity contribution in [2.24, 2.45) is 5.92 Å². The molecule has 2 amide bonds. The fourth-order valence-electron chi connectivity index (χ4n) is 2.47. The molecule has 1 saturated heterocycles. The van der Waals surface area contributed by atoms with Gasteiger partial charge < -0.3 is 16.0 Å². The zero-order valence-corrected chi connectivity index (χ0v) is 12.0. The third-order valence-electron chi connectivity index (χ3n) is 3.60. The van der Waals surface area contributed by atoms with Crippen molar-refractivity contribution in [3.05, 3.63) is 23.8 Å². The average molecular weight is 275 g/mol. The number of hydrogen-bond donors (Lipinski definition) is 2. The molecule has 20 heavy (non-hydrogen) atoms. The van der Waals surface area contributed by atoms with Crippen LogP contribution in [0.5, 0.6) is 0 Å². The number of carbonyl (C=O) groups excluding carboxylic acids is 2. The van der Waals surface area contributed by atoms with Crippen LogP contribution in [0.15, 0.2) is 18.2 Å². The lowest BCUT2D eigenvalue weighted by molar-refractivity contribution is -0.144. The van der Waals surface area contributed by atoms with E-state index >= 15 is 0 Å². The van der Waals surface area contributed by atoms with E-state index in [2.05, 4.69) is 12.2 Å². The first-order valence-corrected chi connectivity index (χ1v) is 6.93. The summed E-state index contributed by atoms with van der Waals surface area (Å²) >= 11 is 0. The first-order chi connectivity index (χ1) is 9.47. The SMILES string of the molecule is Cc1ccc(N)c(NC(=O)C(=O)N2CCCC(C)C2)c1. The van der Waals surface area contributed by atoms with Crippen LogP contribution in [0.25, 0.3) is 0 Å². The Morgan fingerprint density at radius 1 is 1.40 bits per heavy atom. The molecule has 0 radical (unpaired) electrons. The van der Waals surface area contributed by atoms with Crippen molar-refractivity contribution >= 4 is 23.2 Å². The van der Waals surface area contributed by atoms with Crippen LogP contribution < -0.4 is 11.1 Å². The van der Waals surface area contributed by atoms with Gasteiger partial charge in [0, 0.05) is 13.1 Å². The van der Waals surface area contributed by atoms with Crippen LogP contribution in [0, 0.1) is 12.8 Å². The van der Waals surface area contributed by atoms with E-state index in [4.69, 9.17) is 5.73 Å². The van der Waals surface area contributed by atoms with E-state index in [-0.39, 0.29) is 0 Å². The highest BCUT2D eigenvalue weighted by molar-refractivity contribution is 6.39. The Bertz CT molecular complexity index is 528. The minimum absolute atomic E-state index is 0.449. The molecule has 5 nitrogen and oxygen atoms in total. The second-order valence-electron chi connectivity index (χ2n) is 5.54. The zero-order chi connectivity index (χ0) is 14.7. The number of anilines is 2. The summed E-state index contributed by atoms with van der Waals surface area (Å²) in [6.45, 7) is 5.30. The Balaban J connectivity index is 2.04. The molecule has 108 valence electrons. The van der Waals surface area contributed by atoms with Gasteiger partial charge in [0.2, 0.25) is 0 Å². The van der Waals surface area contributed by atoms with Crippen LogP contribution in [0.1, 0.15) is 25.3 Å². The highest BCUT2D eigenvalue weighted by Gasteiger charge is 2.26. The first-order valence-electron chi connectivity index (χ1n) is 6.93. The van der Waals surface area contributed by atoms with E-state index in [0.29, 0.717) is 30.4 Å². The van der Waals surface area contributed by atoms with E-state index in [0.717, 1.165) is 18.4 Å². The minimum atomic E-state index is -0.614. The second kappa shape index (κ2) is 5.94. The first kappa shape index (κ1) is 14.4. The molecule has 1 aliphatic rings. The van der Waals surface area contributed by atoms with Gasteiger partial charge in [-0.05, 0) is 43.4 Å². The van der Waals surface area contributed by atoms with Crippen molar-refractivity contribution in [3.8, 4) is 0 Å².